The number of anilines is 1. The van der Waals surface area contributed by atoms with E-state index in [9.17, 15) is 29.6 Å². The number of nitro groups is 1. The van der Waals surface area contributed by atoms with Crippen molar-refractivity contribution in [2.24, 2.45) is 0 Å². The lowest BCUT2D eigenvalue weighted by molar-refractivity contribution is -0.384. The van der Waals surface area contributed by atoms with Crippen molar-refractivity contribution in [3.05, 3.63) is 63.7 Å². The van der Waals surface area contributed by atoms with Crippen LogP contribution < -0.4 is 15.0 Å². The number of phenolic OH excluding ortho intramolecular Hbond substituents is 1. The van der Waals surface area contributed by atoms with Gasteiger partial charge < -0.3 is 9.84 Å². The van der Waals surface area contributed by atoms with E-state index in [-0.39, 0.29) is 22.7 Å². The number of phenols is 1. The van der Waals surface area contributed by atoms with Crippen molar-refractivity contribution in [2.45, 2.75) is 0 Å². The molecule has 0 radical (unpaired) electrons. The van der Waals surface area contributed by atoms with Crippen LogP contribution in [0.15, 0.2) is 48.0 Å². The number of ether oxygens (including phenoxy) is 1. The van der Waals surface area contributed by atoms with E-state index in [1.165, 1.54) is 43.5 Å². The van der Waals surface area contributed by atoms with E-state index in [1.54, 1.807) is 0 Å². The molecule has 2 N–H and O–H groups in total. The van der Waals surface area contributed by atoms with Gasteiger partial charge in [-0.3, -0.25) is 25.0 Å². The Kier molecular flexibility index (Phi) is 4.77. The Morgan fingerprint density at radius 1 is 1.18 bits per heavy atom. The first-order valence-electron chi connectivity index (χ1n) is 7.84. The summed E-state index contributed by atoms with van der Waals surface area (Å²) in [5.74, 6) is -1.81. The van der Waals surface area contributed by atoms with Gasteiger partial charge in [-0.1, -0.05) is 6.07 Å². The molecule has 28 heavy (non-hydrogen) atoms. The third kappa shape index (κ3) is 3.38. The highest BCUT2D eigenvalue weighted by molar-refractivity contribution is 6.39. The highest BCUT2D eigenvalue weighted by atomic mass is 16.6. The molecule has 1 aliphatic heterocycles. The van der Waals surface area contributed by atoms with Crippen molar-refractivity contribution < 1.29 is 29.2 Å². The number of non-ortho nitro benzene ring substituents is 1. The molecule has 0 bridgehead atoms. The van der Waals surface area contributed by atoms with Crippen molar-refractivity contribution in [2.75, 3.05) is 12.0 Å². The number of hydrogen-bond donors (Lipinski definition) is 2. The Hall–Kier alpha value is -4.21. The Labute approximate surface area is 157 Å². The molecule has 1 saturated heterocycles. The van der Waals surface area contributed by atoms with Crippen LogP contribution in [0.25, 0.3) is 6.08 Å². The van der Waals surface area contributed by atoms with Crippen molar-refractivity contribution in [3.8, 4) is 11.5 Å². The maximum absolute atomic E-state index is 12.8. The van der Waals surface area contributed by atoms with Gasteiger partial charge in [0.15, 0.2) is 0 Å². The Morgan fingerprint density at radius 3 is 2.57 bits per heavy atom. The number of carbonyl (C=O) groups excluding carboxylic acids is 3. The number of methoxy groups -OCH3 is 1. The van der Waals surface area contributed by atoms with Gasteiger partial charge in [-0.15, -0.1) is 0 Å². The van der Waals surface area contributed by atoms with Crippen LogP contribution in [0.1, 0.15) is 5.56 Å². The fourth-order valence-electron chi connectivity index (χ4n) is 2.57. The zero-order chi connectivity index (χ0) is 20.4. The number of urea groups is 1. The number of benzene rings is 2. The smallest absolute Gasteiger partial charge is 0.335 e. The molecule has 1 fully saturated rings. The molecule has 0 spiro atoms. The lowest BCUT2D eigenvalue weighted by Crippen LogP contribution is -2.54. The molecular formula is C18H13N3O7. The van der Waals surface area contributed by atoms with E-state index in [1.807, 2.05) is 5.32 Å². The van der Waals surface area contributed by atoms with E-state index in [4.69, 9.17) is 4.74 Å². The second kappa shape index (κ2) is 7.19. The van der Waals surface area contributed by atoms with Crippen LogP contribution in [0.2, 0.25) is 0 Å². The van der Waals surface area contributed by atoms with Gasteiger partial charge in [0.1, 0.15) is 17.1 Å². The molecule has 4 amide bonds. The number of amides is 4. The first-order chi connectivity index (χ1) is 13.3. The number of hydrogen-bond acceptors (Lipinski definition) is 7. The Balaban J connectivity index is 2.03. The number of barbiturate groups is 1. The number of rotatable bonds is 4. The second-order valence-corrected chi connectivity index (χ2v) is 5.66. The molecule has 0 unspecified atom stereocenters. The third-order valence-corrected chi connectivity index (χ3v) is 3.94. The largest absolute Gasteiger partial charge is 0.507 e. The zero-order valence-corrected chi connectivity index (χ0v) is 14.4. The Morgan fingerprint density at radius 2 is 1.93 bits per heavy atom. The Bertz CT molecular complexity index is 1050. The normalized spacial score (nSPS) is 15.5. The van der Waals surface area contributed by atoms with Crippen molar-refractivity contribution in [3.63, 3.8) is 0 Å². The minimum atomic E-state index is -1.04. The molecule has 142 valence electrons. The number of nitrogens with one attached hydrogen (secondary N) is 1. The van der Waals surface area contributed by atoms with Gasteiger partial charge in [0.05, 0.1) is 17.7 Å². The van der Waals surface area contributed by atoms with Gasteiger partial charge in [-0.25, -0.2) is 9.69 Å². The summed E-state index contributed by atoms with van der Waals surface area (Å²) in [6, 6.07) is 8.07. The van der Waals surface area contributed by atoms with E-state index in [2.05, 4.69) is 0 Å². The number of aromatic hydroxyl groups is 1. The summed E-state index contributed by atoms with van der Waals surface area (Å²) in [7, 11) is 1.41. The molecule has 1 heterocycles. The first-order valence-corrected chi connectivity index (χ1v) is 7.84. The third-order valence-electron chi connectivity index (χ3n) is 3.94. The summed E-state index contributed by atoms with van der Waals surface area (Å²) in [6.07, 6.45) is 1.11. The van der Waals surface area contributed by atoms with Crippen LogP contribution in [-0.2, 0) is 9.59 Å². The minimum absolute atomic E-state index is 0.0750. The summed E-state index contributed by atoms with van der Waals surface area (Å²) in [6.45, 7) is 0. The monoisotopic (exact) mass is 383 g/mol. The lowest BCUT2D eigenvalue weighted by atomic mass is 10.1. The van der Waals surface area contributed by atoms with Gasteiger partial charge in [-0.2, -0.15) is 0 Å². The van der Waals surface area contributed by atoms with Crippen LogP contribution in [-0.4, -0.2) is 35.0 Å². The summed E-state index contributed by atoms with van der Waals surface area (Å²) in [4.78, 5) is 47.9. The number of carbonyl (C=O) groups is 3. The minimum Gasteiger partial charge on any atom is -0.507 e. The fourth-order valence-corrected chi connectivity index (χ4v) is 2.57. The van der Waals surface area contributed by atoms with Crippen molar-refractivity contribution in [1.29, 1.82) is 0 Å². The van der Waals surface area contributed by atoms with E-state index in [0.717, 1.165) is 12.1 Å². The van der Waals surface area contributed by atoms with E-state index < -0.39 is 28.3 Å². The molecule has 0 aliphatic carbocycles. The van der Waals surface area contributed by atoms with Gasteiger partial charge in [0, 0.05) is 23.8 Å². The lowest BCUT2D eigenvalue weighted by Gasteiger charge is -2.26. The number of imide groups is 2. The van der Waals surface area contributed by atoms with Crippen LogP contribution in [0, 0.1) is 10.1 Å². The standard InChI is InChI=1S/C18H13N3O7/c1-28-13-6-5-10(15(22)9-13)7-14-16(23)19-18(25)20(17(14)24)11-3-2-4-12(8-11)21(26)27/h2-9,22H,1H3,(H,19,23,25)/b14-7+. The summed E-state index contributed by atoms with van der Waals surface area (Å²) >= 11 is 0. The topological polar surface area (TPSA) is 139 Å². The molecule has 1 aliphatic rings. The molecule has 10 heteroatoms. The molecule has 0 saturated carbocycles. The molecule has 10 nitrogen and oxygen atoms in total. The molecular weight excluding hydrogens is 370 g/mol. The van der Waals surface area contributed by atoms with Crippen LogP contribution >= 0.6 is 0 Å². The SMILES string of the molecule is COc1ccc(/C=C2\C(=O)NC(=O)N(c3cccc([N+](=O)[O-])c3)C2=O)c(O)c1. The predicted molar refractivity (Wildman–Crippen MR) is 96.8 cm³/mol. The van der Waals surface area contributed by atoms with Gasteiger partial charge in [0.25, 0.3) is 17.5 Å². The summed E-state index contributed by atoms with van der Waals surface area (Å²) < 4.78 is 4.97. The van der Waals surface area contributed by atoms with Crippen LogP contribution in [0.3, 0.4) is 0 Å². The molecule has 3 rings (SSSR count). The highest BCUT2D eigenvalue weighted by Gasteiger charge is 2.37. The van der Waals surface area contributed by atoms with Crippen molar-refractivity contribution >= 4 is 35.3 Å². The maximum atomic E-state index is 12.8. The van der Waals surface area contributed by atoms with Gasteiger partial charge in [0.2, 0.25) is 0 Å². The molecule has 0 aromatic heterocycles. The summed E-state index contributed by atoms with van der Waals surface area (Å²) in [5, 5.41) is 23.0. The maximum Gasteiger partial charge on any atom is 0.335 e. The van der Waals surface area contributed by atoms with Crippen LogP contribution in [0.4, 0.5) is 16.2 Å². The average molecular weight is 383 g/mol. The molecule has 2 aromatic carbocycles. The van der Waals surface area contributed by atoms with Gasteiger partial charge in [-0.05, 0) is 24.3 Å². The fraction of sp³-hybridized carbons (Fsp3) is 0.0556. The average Bonchev–Trinajstić information content (AvgIpc) is 2.66. The number of nitrogens with zero attached hydrogens (tertiary/aromatic N) is 2. The van der Waals surface area contributed by atoms with Crippen LogP contribution in [0.5, 0.6) is 11.5 Å². The second-order valence-electron chi connectivity index (χ2n) is 5.66. The predicted octanol–water partition coefficient (Wildman–Crippen LogP) is 1.98. The quantitative estimate of drug-likeness (QED) is 0.356. The molecule has 0 atom stereocenters. The van der Waals surface area contributed by atoms with Gasteiger partial charge >= 0.3 is 6.03 Å². The first kappa shape index (κ1) is 18.6. The summed E-state index contributed by atoms with van der Waals surface area (Å²) in [5.41, 5.74) is -0.679. The van der Waals surface area contributed by atoms with Crippen molar-refractivity contribution in [1.82, 2.24) is 5.32 Å². The zero-order valence-electron chi connectivity index (χ0n) is 14.4. The highest BCUT2D eigenvalue weighted by Crippen LogP contribution is 2.28. The van der Waals surface area contributed by atoms with E-state index in [0.29, 0.717) is 10.6 Å². The number of nitro benzene ring substituents is 1. The molecule has 2 aromatic rings. The van der Waals surface area contributed by atoms with E-state index >= 15 is 0 Å².